The minimum Gasteiger partial charge on any atom is -0.293 e. The Morgan fingerprint density at radius 2 is 2.10 bits per heavy atom. The Hall–Kier alpha value is -1.56. The molecular formula is C15H16F3NOS. The number of ketones is 1. The van der Waals surface area contributed by atoms with Gasteiger partial charge >= 0.3 is 6.18 Å². The van der Waals surface area contributed by atoms with Gasteiger partial charge in [0.2, 0.25) is 0 Å². The topological polar surface area (TPSA) is 30.0 Å². The summed E-state index contributed by atoms with van der Waals surface area (Å²) < 4.78 is 37.1. The smallest absolute Gasteiger partial charge is 0.293 e. The number of thioether (sulfide) groups is 1. The zero-order valence-corrected chi connectivity index (χ0v) is 12.6. The van der Waals surface area contributed by atoms with Crippen molar-refractivity contribution in [3.8, 4) is 0 Å². The normalized spacial score (nSPS) is 12.3. The number of carbonyl (C=O) groups excluding carboxylic acids is 1. The quantitative estimate of drug-likeness (QED) is 0.434. The third-order valence-electron chi connectivity index (χ3n) is 2.74. The van der Waals surface area contributed by atoms with Crippen LogP contribution in [0.15, 0.2) is 47.2 Å². The van der Waals surface area contributed by atoms with Gasteiger partial charge in [0.05, 0.1) is 16.3 Å². The average Bonchev–Trinajstić information content (AvgIpc) is 2.43. The molecule has 0 aliphatic heterocycles. The second kappa shape index (κ2) is 7.45. The lowest BCUT2D eigenvalue weighted by Crippen LogP contribution is -2.07. The zero-order chi connectivity index (χ0) is 16.0. The minimum absolute atomic E-state index is 0.103. The zero-order valence-electron chi connectivity index (χ0n) is 11.8. The molecule has 0 radical (unpaired) electrons. The van der Waals surface area contributed by atoms with Crippen LogP contribution in [0.3, 0.4) is 0 Å². The maximum absolute atomic E-state index is 12.4. The Labute approximate surface area is 126 Å². The molecule has 0 atom stereocenters. The molecule has 6 heteroatoms. The van der Waals surface area contributed by atoms with E-state index in [4.69, 9.17) is 0 Å². The average molecular weight is 315 g/mol. The summed E-state index contributed by atoms with van der Waals surface area (Å²) in [4.78, 5) is 15.6. The lowest BCUT2D eigenvalue weighted by Gasteiger charge is -2.07. The summed E-state index contributed by atoms with van der Waals surface area (Å²) in [7, 11) is 0. The molecule has 0 amide bonds. The highest BCUT2D eigenvalue weighted by Gasteiger charge is 2.30. The van der Waals surface area contributed by atoms with Crippen molar-refractivity contribution in [2.24, 2.45) is 0 Å². The van der Waals surface area contributed by atoms with Gasteiger partial charge in [0.25, 0.3) is 0 Å². The van der Waals surface area contributed by atoms with E-state index >= 15 is 0 Å². The van der Waals surface area contributed by atoms with Gasteiger partial charge in [-0.25, -0.2) is 4.98 Å². The third kappa shape index (κ3) is 5.38. The van der Waals surface area contributed by atoms with Gasteiger partial charge in [-0.15, -0.1) is 0 Å². The maximum Gasteiger partial charge on any atom is 0.417 e. The Kier molecular flexibility index (Phi) is 6.20. The molecule has 0 saturated carbocycles. The summed E-state index contributed by atoms with van der Waals surface area (Å²) in [5.41, 5.74) is 0.448. The summed E-state index contributed by atoms with van der Waals surface area (Å²) in [5, 5.41) is 0.376. The molecule has 0 aliphatic carbocycles. The molecule has 0 N–H and O–H groups in total. The summed E-state index contributed by atoms with van der Waals surface area (Å²) in [6, 6.07) is 2.22. The molecule has 1 aromatic heterocycles. The van der Waals surface area contributed by atoms with Crippen LogP contribution >= 0.6 is 11.8 Å². The van der Waals surface area contributed by atoms with E-state index in [2.05, 4.69) is 11.6 Å². The minimum atomic E-state index is -4.40. The third-order valence-corrected chi connectivity index (χ3v) is 3.68. The second-order valence-corrected chi connectivity index (χ2v) is 5.36. The first-order valence-corrected chi connectivity index (χ1v) is 7.29. The molecule has 21 heavy (non-hydrogen) atoms. The van der Waals surface area contributed by atoms with Gasteiger partial charge in [0, 0.05) is 11.8 Å². The van der Waals surface area contributed by atoms with Crippen LogP contribution in [0.5, 0.6) is 0 Å². The second-order valence-electron chi connectivity index (χ2n) is 4.37. The highest BCUT2D eigenvalue weighted by Crippen LogP contribution is 2.29. The SMILES string of the molecule is C=C(C(=O)CSc1ccc(C(F)(F)F)cn1)/C(C)=C\CC. The monoisotopic (exact) mass is 315 g/mol. The van der Waals surface area contributed by atoms with Crippen LogP contribution in [0.2, 0.25) is 0 Å². The molecule has 1 heterocycles. The molecule has 0 unspecified atom stereocenters. The van der Waals surface area contributed by atoms with E-state index in [1.165, 1.54) is 6.07 Å². The van der Waals surface area contributed by atoms with Crippen molar-refractivity contribution < 1.29 is 18.0 Å². The summed E-state index contributed by atoms with van der Waals surface area (Å²) in [6.07, 6.45) is -0.917. The molecular weight excluding hydrogens is 299 g/mol. The number of alkyl halides is 3. The standard InChI is InChI=1S/C15H16F3NOS/c1-4-5-10(2)11(3)13(20)9-21-14-7-6-12(8-19-14)15(16,17)18/h5-8H,3-4,9H2,1-2H3/b10-5-. The molecule has 0 fully saturated rings. The van der Waals surface area contributed by atoms with Crippen molar-refractivity contribution in [2.45, 2.75) is 31.5 Å². The predicted octanol–water partition coefficient (Wildman–Crippen LogP) is 4.67. The largest absolute Gasteiger partial charge is 0.417 e. The number of hydrogen-bond acceptors (Lipinski definition) is 3. The van der Waals surface area contributed by atoms with Crippen LogP contribution in [0, 0.1) is 0 Å². The molecule has 1 rings (SSSR count). The number of Topliss-reactive ketones (excluding diaryl/α,β-unsaturated/α-hetero) is 1. The first-order chi connectivity index (χ1) is 9.75. The highest BCUT2D eigenvalue weighted by atomic mass is 32.2. The molecule has 0 aliphatic rings. The van der Waals surface area contributed by atoms with Gasteiger partial charge in [-0.1, -0.05) is 31.3 Å². The summed E-state index contributed by atoms with van der Waals surface area (Å²) in [5.74, 6) is -0.0459. The lowest BCUT2D eigenvalue weighted by molar-refractivity contribution is -0.137. The van der Waals surface area contributed by atoms with E-state index in [-0.39, 0.29) is 11.5 Å². The van der Waals surface area contributed by atoms with Crippen LogP contribution in [0.25, 0.3) is 0 Å². The number of allylic oxidation sites excluding steroid dienone is 3. The van der Waals surface area contributed by atoms with Gasteiger partial charge in [-0.05, 0) is 31.1 Å². The molecule has 1 aromatic rings. The number of carbonyl (C=O) groups is 1. The van der Waals surface area contributed by atoms with Crippen LogP contribution in [-0.2, 0) is 11.0 Å². The number of nitrogens with zero attached hydrogens (tertiary/aromatic N) is 1. The van der Waals surface area contributed by atoms with E-state index in [0.717, 1.165) is 36.0 Å². The van der Waals surface area contributed by atoms with E-state index < -0.39 is 11.7 Å². The fourth-order valence-electron chi connectivity index (χ4n) is 1.51. The van der Waals surface area contributed by atoms with E-state index in [1.54, 1.807) is 0 Å². The molecule has 0 spiro atoms. The molecule has 0 aromatic carbocycles. The maximum atomic E-state index is 12.4. The predicted molar refractivity (Wildman–Crippen MR) is 78.2 cm³/mol. The molecule has 0 bridgehead atoms. The first-order valence-electron chi connectivity index (χ1n) is 6.31. The number of aromatic nitrogens is 1. The van der Waals surface area contributed by atoms with Gasteiger partial charge in [0.15, 0.2) is 5.78 Å². The van der Waals surface area contributed by atoms with Gasteiger partial charge < -0.3 is 0 Å². The van der Waals surface area contributed by atoms with Gasteiger partial charge in [-0.2, -0.15) is 13.2 Å². The summed E-state index contributed by atoms with van der Waals surface area (Å²) >= 11 is 1.10. The molecule has 2 nitrogen and oxygen atoms in total. The Balaban J connectivity index is 2.62. The number of pyridine rings is 1. The first kappa shape index (κ1) is 17.5. The Bertz CT molecular complexity index is 547. The van der Waals surface area contributed by atoms with Gasteiger partial charge in [0.1, 0.15) is 0 Å². The number of rotatable bonds is 6. The van der Waals surface area contributed by atoms with Crippen molar-refractivity contribution in [2.75, 3.05) is 5.75 Å². The molecule has 0 saturated heterocycles. The Morgan fingerprint density at radius 1 is 1.43 bits per heavy atom. The van der Waals surface area contributed by atoms with Crippen LogP contribution in [-0.4, -0.2) is 16.5 Å². The van der Waals surface area contributed by atoms with E-state index in [1.807, 2.05) is 19.9 Å². The van der Waals surface area contributed by atoms with Crippen LogP contribution in [0.4, 0.5) is 13.2 Å². The van der Waals surface area contributed by atoms with Crippen molar-refractivity contribution in [1.82, 2.24) is 4.98 Å². The number of hydrogen-bond donors (Lipinski definition) is 0. The molecule has 114 valence electrons. The fraction of sp³-hybridized carbons (Fsp3) is 0.333. The lowest BCUT2D eigenvalue weighted by atomic mass is 10.1. The number of halogens is 3. The van der Waals surface area contributed by atoms with Crippen LogP contribution < -0.4 is 0 Å². The fourth-order valence-corrected chi connectivity index (χ4v) is 2.25. The van der Waals surface area contributed by atoms with Gasteiger partial charge in [-0.3, -0.25) is 4.79 Å². The van der Waals surface area contributed by atoms with Crippen molar-refractivity contribution in [3.05, 3.63) is 47.7 Å². The Morgan fingerprint density at radius 3 is 2.57 bits per heavy atom. The highest BCUT2D eigenvalue weighted by molar-refractivity contribution is 7.99. The van der Waals surface area contributed by atoms with Crippen molar-refractivity contribution in [3.63, 3.8) is 0 Å². The van der Waals surface area contributed by atoms with Crippen molar-refractivity contribution >= 4 is 17.5 Å². The van der Waals surface area contributed by atoms with Crippen molar-refractivity contribution in [1.29, 1.82) is 0 Å². The van der Waals surface area contributed by atoms with Crippen LogP contribution in [0.1, 0.15) is 25.8 Å². The van der Waals surface area contributed by atoms with E-state index in [0.29, 0.717) is 10.6 Å². The van der Waals surface area contributed by atoms with E-state index in [9.17, 15) is 18.0 Å². The summed E-state index contributed by atoms with van der Waals surface area (Å²) in [6.45, 7) is 7.50.